The van der Waals surface area contributed by atoms with E-state index in [2.05, 4.69) is 41.8 Å². The molecule has 2 N–H and O–H groups in total. The number of carbonyl (C=O) groups excluding carboxylic acids is 1. The summed E-state index contributed by atoms with van der Waals surface area (Å²) in [6.45, 7) is 11.8. The highest BCUT2D eigenvalue weighted by Gasteiger charge is 2.15. The van der Waals surface area contributed by atoms with Gasteiger partial charge < -0.3 is 20.1 Å². The summed E-state index contributed by atoms with van der Waals surface area (Å²) in [5, 5.41) is 6.33. The first-order valence-electron chi connectivity index (χ1n) is 9.72. The van der Waals surface area contributed by atoms with Crippen LogP contribution in [-0.2, 0) is 17.9 Å². The third kappa shape index (κ3) is 9.20. The molecule has 0 aliphatic heterocycles. The number of ether oxygens (including phenoxy) is 2. The summed E-state index contributed by atoms with van der Waals surface area (Å²) < 4.78 is 11.4. The lowest BCUT2D eigenvalue weighted by Crippen LogP contribution is -2.43. The maximum Gasteiger partial charge on any atom is 0.258 e. The van der Waals surface area contributed by atoms with Gasteiger partial charge in [0.25, 0.3) is 5.91 Å². The van der Waals surface area contributed by atoms with Gasteiger partial charge in [-0.1, -0.05) is 35.9 Å². The molecule has 0 aromatic heterocycles. The minimum Gasteiger partial charge on any atom is -0.490 e. The Kier molecular flexibility index (Phi) is 9.99. The number of halogens is 1. The minimum absolute atomic E-state index is 0. The fraction of sp³-hybridized carbons (Fsp3) is 0.435. The number of nitrogens with one attached hydrogen (secondary N) is 2. The number of carbonyl (C=O) groups is 1. The van der Waals surface area contributed by atoms with Crippen molar-refractivity contribution in [3.63, 3.8) is 0 Å². The Hall–Kier alpha value is -2.24. The zero-order valence-electron chi connectivity index (χ0n) is 18.0. The molecule has 0 atom stereocenters. The van der Waals surface area contributed by atoms with E-state index in [-0.39, 0.29) is 30.5 Å². The lowest BCUT2D eigenvalue weighted by molar-refractivity contribution is -0.124. The van der Waals surface area contributed by atoms with Gasteiger partial charge in [-0.25, -0.2) is 0 Å². The summed E-state index contributed by atoms with van der Waals surface area (Å²) in [5.41, 5.74) is 3.33. The van der Waals surface area contributed by atoms with Crippen molar-refractivity contribution in [2.24, 2.45) is 0 Å². The summed E-state index contributed by atoms with van der Waals surface area (Å²) >= 11 is 0. The highest BCUT2D eigenvalue weighted by atomic mass is 35.5. The second-order valence-electron chi connectivity index (χ2n) is 7.89. The fourth-order valence-electron chi connectivity index (χ4n) is 2.70. The number of benzene rings is 2. The molecule has 5 nitrogen and oxygen atoms in total. The number of aryl methyl sites for hydroxylation is 1. The molecule has 0 spiro atoms. The fourth-order valence-corrected chi connectivity index (χ4v) is 2.70. The van der Waals surface area contributed by atoms with E-state index in [1.807, 2.05) is 45.9 Å². The first-order chi connectivity index (χ1) is 13.3. The van der Waals surface area contributed by atoms with Gasteiger partial charge in [-0.15, -0.1) is 12.4 Å². The minimum atomic E-state index is -0.282. The van der Waals surface area contributed by atoms with Crippen molar-refractivity contribution in [2.75, 3.05) is 13.2 Å². The highest BCUT2D eigenvalue weighted by Crippen LogP contribution is 2.28. The van der Waals surface area contributed by atoms with Gasteiger partial charge in [-0.2, -0.15) is 0 Å². The SMILES string of the molecule is CCOc1cc(CNCc2ccc(C)cc2)ccc1OCC(=O)NC(C)(C)C.Cl. The Morgan fingerprint density at radius 3 is 2.17 bits per heavy atom. The first-order valence-corrected chi connectivity index (χ1v) is 9.72. The summed E-state index contributed by atoms with van der Waals surface area (Å²) in [6, 6.07) is 14.3. The van der Waals surface area contributed by atoms with Crippen molar-refractivity contribution in [2.45, 2.75) is 53.2 Å². The zero-order valence-corrected chi connectivity index (χ0v) is 18.8. The van der Waals surface area contributed by atoms with Crippen molar-refractivity contribution in [1.29, 1.82) is 0 Å². The van der Waals surface area contributed by atoms with Gasteiger partial charge in [0.05, 0.1) is 6.61 Å². The van der Waals surface area contributed by atoms with Gasteiger partial charge in [0.2, 0.25) is 0 Å². The molecule has 160 valence electrons. The van der Waals surface area contributed by atoms with E-state index in [9.17, 15) is 4.79 Å². The second-order valence-corrected chi connectivity index (χ2v) is 7.89. The maximum atomic E-state index is 12.0. The van der Waals surface area contributed by atoms with Gasteiger partial charge in [0, 0.05) is 18.6 Å². The van der Waals surface area contributed by atoms with Crippen molar-refractivity contribution in [3.05, 3.63) is 59.2 Å². The van der Waals surface area contributed by atoms with Crippen LogP contribution < -0.4 is 20.1 Å². The normalized spacial score (nSPS) is 10.8. The molecule has 0 saturated carbocycles. The Labute approximate surface area is 180 Å². The summed E-state index contributed by atoms with van der Waals surface area (Å²) in [5.74, 6) is 1.08. The van der Waals surface area contributed by atoms with Crippen LogP contribution in [0.3, 0.4) is 0 Å². The Morgan fingerprint density at radius 2 is 1.55 bits per heavy atom. The average molecular weight is 421 g/mol. The Morgan fingerprint density at radius 1 is 0.931 bits per heavy atom. The zero-order chi connectivity index (χ0) is 20.6. The molecule has 0 saturated heterocycles. The predicted octanol–water partition coefficient (Wildman–Crippen LogP) is 4.40. The van der Waals surface area contributed by atoms with Crippen LogP contribution in [0.2, 0.25) is 0 Å². The summed E-state index contributed by atoms with van der Waals surface area (Å²) in [4.78, 5) is 12.0. The van der Waals surface area contributed by atoms with E-state index in [1.165, 1.54) is 11.1 Å². The molecule has 0 bridgehead atoms. The van der Waals surface area contributed by atoms with Gasteiger partial charge in [-0.05, 0) is 57.9 Å². The van der Waals surface area contributed by atoms with Gasteiger partial charge in [-0.3, -0.25) is 4.79 Å². The molecule has 0 unspecified atom stereocenters. The topological polar surface area (TPSA) is 59.6 Å². The van der Waals surface area contributed by atoms with Crippen LogP contribution in [0.25, 0.3) is 0 Å². The maximum absolute atomic E-state index is 12.0. The Balaban J connectivity index is 0.00000420. The molecule has 0 radical (unpaired) electrons. The second kappa shape index (κ2) is 11.7. The van der Waals surface area contributed by atoms with Crippen LogP contribution in [0.1, 0.15) is 44.4 Å². The van der Waals surface area contributed by atoms with Gasteiger partial charge in [0.1, 0.15) is 0 Å². The van der Waals surface area contributed by atoms with E-state index in [0.29, 0.717) is 18.1 Å². The number of amides is 1. The molecule has 0 fully saturated rings. The van der Waals surface area contributed by atoms with Crippen LogP contribution in [0.15, 0.2) is 42.5 Å². The molecule has 2 rings (SSSR count). The van der Waals surface area contributed by atoms with Crippen LogP contribution in [0, 0.1) is 6.92 Å². The molecule has 2 aromatic rings. The number of rotatable bonds is 9. The number of hydrogen-bond acceptors (Lipinski definition) is 4. The Bertz CT molecular complexity index is 771. The number of hydrogen-bond donors (Lipinski definition) is 2. The molecular weight excluding hydrogens is 388 g/mol. The van der Waals surface area contributed by atoms with Crippen molar-refractivity contribution < 1.29 is 14.3 Å². The molecular formula is C23H33ClN2O3. The van der Waals surface area contributed by atoms with Crippen LogP contribution in [0.4, 0.5) is 0 Å². The lowest BCUT2D eigenvalue weighted by atomic mass is 10.1. The molecule has 0 aliphatic carbocycles. The van der Waals surface area contributed by atoms with Gasteiger partial charge in [0.15, 0.2) is 18.1 Å². The molecule has 1 amide bonds. The standard InChI is InChI=1S/C23H32N2O3.ClH/c1-6-27-21-13-19(15-24-14-18-9-7-17(2)8-10-18)11-12-20(21)28-16-22(26)25-23(3,4)5;/h7-13,24H,6,14-16H2,1-5H3,(H,25,26);1H. The van der Waals surface area contributed by atoms with Crippen LogP contribution in [-0.4, -0.2) is 24.7 Å². The summed E-state index contributed by atoms with van der Waals surface area (Å²) in [7, 11) is 0. The molecule has 6 heteroatoms. The summed E-state index contributed by atoms with van der Waals surface area (Å²) in [6.07, 6.45) is 0. The molecule has 2 aromatic carbocycles. The lowest BCUT2D eigenvalue weighted by Gasteiger charge is -2.21. The van der Waals surface area contributed by atoms with Crippen LogP contribution in [0.5, 0.6) is 11.5 Å². The van der Waals surface area contributed by atoms with Crippen molar-refractivity contribution >= 4 is 18.3 Å². The smallest absolute Gasteiger partial charge is 0.258 e. The molecule has 0 aliphatic rings. The first kappa shape index (κ1) is 24.8. The van der Waals surface area contributed by atoms with E-state index in [4.69, 9.17) is 9.47 Å². The van der Waals surface area contributed by atoms with E-state index < -0.39 is 0 Å². The van der Waals surface area contributed by atoms with Crippen LogP contribution >= 0.6 is 12.4 Å². The third-order valence-electron chi connectivity index (χ3n) is 3.96. The average Bonchev–Trinajstić information content (AvgIpc) is 2.61. The third-order valence-corrected chi connectivity index (χ3v) is 3.96. The quantitative estimate of drug-likeness (QED) is 0.631. The monoisotopic (exact) mass is 420 g/mol. The highest BCUT2D eigenvalue weighted by molar-refractivity contribution is 5.85. The van der Waals surface area contributed by atoms with Gasteiger partial charge >= 0.3 is 0 Å². The molecule has 29 heavy (non-hydrogen) atoms. The van der Waals surface area contributed by atoms with E-state index >= 15 is 0 Å². The predicted molar refractivity (Wildman–Crippen MR) is 120 cm³/mol. The van der Waals surface area contributed by atoms with E-state index in [1.54, 1.807) is 0 Å². The largest absolute Gasteiger partial charge is 0.490 e. The van der Waals surface area contributed by atoms with Crippen molar-refractivity contribution in [3.8, 4) is 11.5 Å². The van der Waals surface area contributed by atoms with E-state index in [0.717, 1.165) is 18.7 Å². The molecule has 0 heterocycles. The van der Waals surface area contributed by atoms with Crippen molar-refractivity contribution in [1.82, 2.24) is 10.6 Å².